The van der Waals surface area contributed by atoms with E-state index in [0.717, 1.165) is 24.3 Å². The number of ether oxygens (including phenoxy) is 14. The summed E-state index contributed by atoms with van der Waals surface area (Å²) in [4.78, 5) is -1.40. The third-order valence-electron chi connectivity index (χ3n) is 21.4. The van der Waals surface area contributed by atoms with E-state index in [1.807, 2.05) is 0 Å². The number of hydrogen-bond donors (Lipinski definition) is 19. The van der Waals surface area contributed by atoms with Crippen molar-refractivity contribution < 1.29 is 197 Å². The molecule has 19 N–H and O–H groups in total. The molecule has 0 unspecified atom stereocenters. The number of fused-ring (bicyclic) bond motifs is 8. The molecule has 15 fully saturated rings. The molecule has 0 saturated carbocycles. The fraction of sp³-hybridized carbons (Fsp3) is 0.647. The normalized spacial score (nSPS) is 44.2. The van der Waals surface area contributed by atoms with Gasteiger partial charge in [-0.05, 0) is 71.5 Å². The van der Waals surface area contributed by atoms with Crippen LogP contribution in [0.5, 0.6) is 0 Å². The molecule has 622 valence electrons. The molecule has 15 saturated heterocycles. The van der Waals surface area contributed by atoms with Crippen molar-refractivity contribution in [2.75, 3.05) is 46.2 Å². The summed E-state index contributed by atoms with van der Waals surface area (Å²) in [5, 5.41) is 219. The SMILES string of the molecule is O=S1(=O)O[C@@H]2[C@@H]3O[C@H]4[C@H](O)[C@@H](O)[C@H](O[C@H]5[C@H](O)[C@H](O)[C@H](O[C@H]6[C@H](O)[C@H](O)[C@H](O[C@H]7[C@@H](O)[C@@H](OS(=O)(=O)c8ccc(cc8)Cc8ccc9c(c8)S(=O)(=O)c8cc(ccc8-9)Cc8ccc1cc8)[C@H](O[C@@H]1[C@@H](O)[C@H](O)[C@H](O[C@@H]8[C@H](O)[C@H](O)[C@H](O[C@H]([C@@H]2O)[C@@H](CO)O3)O[C@@H]8CO)O[C@@H]1CO)O[C@@H]7CO)O[C@@H]6CO)O[C@H]5CO)O[C@H]4CO. The summed E-state index contributed by atoms with van der Waals surface area (Å²) in [5.74, 6) is 0. The summed E-state index contributed by atoms with van der Waals surface area (Å²) in [6, 6.07) is 19.0. The molecule has 0 aromatic heterocycles. The topological polar surface area (TPSA) is 634 Å². The van der Waals surface area contributed by atoms with Crippen LogP contribution in [0.15, 0.2) is 105 Å². The smallest absolute Gasteiger partial charge is 0.297 e. The molecule has 21 heterocycles. The van der Waals surface area contributed by atoms with Crippen molar-refractivity contribution in [3.8, 4) is 11.1 Å². The lowest BCUT2D eigenvalue weighted by atomic mass is 9.95. The van der Waals surface area contributed by atoms with E-state index >= 15 is 0 Å². The number of aliphatic hydroxyl groups is 19. The van der Waals surface area contributed by atoms with Crippen LogP contribution in [0, 0.1) is 0 Å². The summed E-state index contributed by atoms with van der Waals surface area (Å²) in [5.41, 5.74) is 2.39. The number of sulfone groups is 1. The van der Waals surface area contributed by atoms with Gasteiger partial charge in [-0.3, -0.25) is 8.37 Å². The van der Waals surface area contributed by atoms with Crippen LogP contribution < -0.4 is 0 Å². The average Bonchev–Trinajstić information content (AvgIpc) is 1.58. The van der Waals surface area contributed by atoms with Crippen molar-refractivity contribution in [3.63, 3.8) is 0 Å². The van der Waals surface area contributed by atoms with Crippen LogP contribution in [-0.2, 0) is 118 Å². The van der Waals surface area contributed by atoms with E-state index in [2.05, 4.69) is 0 Å². The van der Waals surface area contributed by atoms with Crippen LogP contribution >= 0.6 is 0 Å². The monoisotopic (exact) mass is 1650 g/mol. The third-order valence-corrected chi connectivity index (χ3v) is 25.9. The van der Waals surface area contributed by atoms with Crippen LogP contribution in [0.25, 0.3) is 11.1 Å². The predicted octanol–water partition coefficient (Wildman–Crippen LogP) is -10.1. The van der Waals surface area contributed by atoms with E-state index in [0.29, 0.717) is 33.4 Å². The van der Waals surface area contributed by atoms with Gasteiger partial charge in [0.2, 0.25) is 9.84 Å². The number of rotatable bonds is 7. The van der Waals surface area contributed by atoms with Crippen LogP contribution in [0.4, 0.5) is 0 Å². The molecule has 0 spiro atoms. The Kier molecular flexibility index (Phi) is 25.2. The Morgan fingerprint density at radius 2 is 0.464 bits per heavy atom. The molecule has 35 atom stereocenters. The van der Waals surface area contributed by atoms with Gasteiger partial charge in [0.1, 0.15) is 159 Å². The highest BCUT2D eigenvalue weighted by Crippen LogP contribution is 2.46. The van der Waals surface area contributed by atoms with Gasteiger partial charge in [-0.1, -0.05) is 48.5 Å². The van der Waals surface area contributed by atoms with E-state index in [1.54, 1.807) is 24.3 Å². The second-order valence-corrected chi connectivity index (χ2v) is 33.5. The minimum atomic E-state index is -5.27. The molecule has 0 aliphatic carbocycles. The molecule has 25 rings (SSSR count). The van der Waals surface area contributed by atoms with Gasteiger partial charge in [-0.2, -0.15) is 16.8 Å². The van der Waals surface area contributed by atoms with Crippen molar-refractivity contribution in [2.24, 2.45) is 0 Å². The van der Waals surface area contributed by atoms with Gasteiger partial charge in [-0.15, -0.1) is 0 Å². The Balaban J connectivity index is 0.875. The highest BCUT2D eigenvalue weighted by atomic mass is 32.2. The minimum Gasteiger partial charge on any atom is -0.394 e. The van der Waals surface area contributed by atoms with Crippen molar-refractivity contribution in [2.45, 2.75) is 247 Å². The first-order valence-electron chi connectivity index (χ1n) is 35.5. The Labute approximate surface area is 636 Å². The maximum atomic E-state index is 14.7. The summed E-state index contributed by atoms with van der Waals surface area (Å²) >= 11 is 0. The summed E-state index contributed by atoms with van der Waals surface area (Å²) in [7, 11) is -14.8. The fourth-order valence-corrected chi connectivity index (χ4v) is 19.3. The van der Waals surface area contributed by atoms with E-state index in [4.69, 9.17) is 74.7 Å². The number of aliphatic hydroxyl groups excluding tert-OH is 19. The molecule has 0 amide bonds. The largest absolute Gasteiger partial charge is 0.394 e. The van der Waals surface area contributed by atoms with Gasteiger partial charge in [-0.25, -0.2) is 8.42 Å². The molecule has 41 nitrogen and oxygen atoms in total. The Morgan fingerprint density at radius 1 is 0.250 bits per heavy atom. The summed E-state index contributed by atoms with van der Waals surface area (Å²) in [6.07, 6.45) is -78.5. The minimum absolute atomic E-state index is 0.00118. The van der Waals surface area contributed by atoms with Gasteiger partial charge in [0, 0.05) is 11.1 Å². The van der Waals surface area contributed by atoms with Gasteiger partial charge in [0.15, 0.2) is 56.2 Å². The molecule has 24 bridgehead atoms. The van der Waals surface area contributed by atoms with Crippen molar-refractivity contribution >= 4 is 30.1 Å². The van der Waals surface area contributed by atoms with E-state index in [1.165, 1.54) is 36.4 Å². The Hall–Kier alpha value is -4.67. The van der Waals surface area contributed by atoms with Gasteiger partial charge >= 0.3 is 0 Å². The average molecular weight is 1660 g/mol. The first-order chi connectivity index (χ1) is 53.3. The molecule has 21 aliphatic heterocycles. The van der Waals surface area contributed by atoms with E-state index < -0.39 is 301 Å². The van der Waals surface area contributed by atoms with Crippen LogP contribution in [0.1, 0.15) is 22.3 Å². The second-order valence-electron chi connectivity index (χ2n) is 28.5. The highest BCUT2D eigenvalue weighted by molar-refractivity contribution is 7.92. The van der Waals surface area contributed by atoms with Crippen LogP contribution in [0.3, 0.4) is 0 Å². The number of hydrogen-bond acceptors (Lipinski definition) is 41. The quantitative estimate of drug-likeness (QED) is 0.0673. The zero-order valence-corrected chi connectivity index (χ0v) is 60.8. The molecule has 4 aromatic rings. The molecular formula is C68H86O41S3. The van der Waals surface area contributed by atoms with Crippen molar-refractivity contribution in [3.05, 3.63) is 107 Å². The number of benzene rings is 4. The van der Waals surface area contributed by atoms with Crippen molar-refractivity contribution in [1.82, 2.24) is 0 Å². The standard InChI is InChI=1S/C68H86O41S3/c69-17-32-53-41(76)46(81)62(94-32)101-54-33(18-70)95-65(47(82)42(54)77)104-58-37(22-74)99-68-60(51(58)86)108-111(90,91)28-7-1-24(2-8-28)13-26-5-11-30-31-12-6-27(16-40(31)110(88,89)39(30)15-26)14-25-3-9-29(10-4-25)112(92,93)109-61-52(87)59(38(23-75)100-67(61)106-56-35(20-72)97-63(102-53)49(84)44(56)79)105-66-48(83)43(78)55(34(19-71)96-66)103-64-50(85)45(80)57(107-68)36(21-73)98-64/h1-12,15-16,32-38,41-87H,13-14,17-23H2/t32-,33+,34+,35-,36+,37+,38+,41+,42+,43+,44+,45-,46-,47-,48-,49+,50-,51+,52-,53+,54+,55-,56+,57-,58+,59-,60+,61-,62-,63-,64-,65-,66-,67-,68-/m0/s1. The summed E-state index contributed by atoms with van der Waals surface area (Å²) in [6.45, 7) is -8.45. The summed E-state index contributed by atoms with van der Waals surface area (Å²) < 4.78 is 182. The third kappa shape index (κ3) is 15.8. The first kappa shape index (κ1) is 83.8. The zero-order valence-electron chi connectivity index (χ0n) is 58.4. The van der Waals surface area contributed by atoms with Gasteiger partial charge in [0.05, 0.1) is 65.8 Å². The second kappa shape index (κ2) is 33.6. The molecule has 4 aromatic carbocycles. The van der Waals surface area contributed by atoms with Gasteiger partial charge in [0.25, 0.3) is 20.2 Å². The predicted molar refractivity (Wildman–Crippen MR) is 356 cm³/mol. The van der Waals surface area contributed by atoms with Crippen LogP contribution in [0.2, 0.25) is 0 Å². The highest BCUT2D eigenvalue weighted by Gasteiger charge is 2.61. The lowest BCUT2D eigenvalue weighted by Crippen LogP contribution is -2.68. The fourth-order valence-electron chi connectivity index (χ4n) is 15.4. The maximum absolute atomic E-state index is 14.7. The molecule has 0 radical (unpaired) electrons. The molecule has 112 heavy (non-hydrogen) atoms. The molecule has 44 heteroatoms. The van der Waals surface area contributed by atoms with E-state index in [9.17, 15) is 122 Å². The Morgan fingerprint density at radius 3 is 0.705 bits per heavy atom. The maximum Gasteiger partial charge on any atom is 0.297 e. The van der Waals surface area contributed by atoms with E-state index in [-0.39, 0.29) is 22.6 Å². The van der Waals surface area contributed by atoms with Gasteiger partial charge < -0.3 is 163 Å². The van der Waals surface area contributed by atoms with Crippen LogP contribution in [-0.4, -0.2) is 383 Å². The first-order valence-corrected chi connectivity index (χ1v) is 39.8. The molecule has 21 aliphatic rings. The zero-order chi connectivity index (χ0) is 80.1. The van der Waals surface area contributed by atoms with Crippen molar-refractivity contribution in [1.29, 1.82) is 0 Å². The Bertz CT molecular complexity index is 4160. The molecular weight excluding hydrogens is 1570 g/mol. The lowest BCUT2D eigenvalue weighted by molar-refractivity contribution is -0.395. The lowest BCUT2D eigenvalue weighted by Gasteiger charge is -2.50.